The Labute approximate surface area is 584 Å². The standard InChI is InChI=1S/C87H171NO5/c1-3-5-7-9-11-13-15-17-19-20-21-22-40-43-46-49-52-55-59-63-67-71-75-79-85(90)84(83-89)88-86(91)80-76-72-68-64-60-56-53-50-47-44-41-38-36-34-32-30-28-26-24-23-25-27-29-31-33-35-37-39-42-45-48-51-54-58-62-66-70-74-78-82-93-87(92)81-77-73-69-65-61-57-18-16-14-12-10-8-6-4-2/h75,79,84-85,89-90H,3-74,76-78,80-83H2,1-2H3,(H,88,91)/b79-75+. The largest absolute Gasteiger partial charge is 0.466 e. The third-order valence-corrected chi connectivity index (χ3v) is 20.8. The van der Waals surface area contributed by atoms with Crippen LogP contribution in [0.2, 0.25) is 0 Å². The molecule has 2 atom stereocenters. The molecular weight excluding hydrogens is 1140 g/mol. The van der Waals surface area contributed by atoms with Gasteiger partial charge in [-0.15, -0.1) is 0 Å². The van der Waals surface area contributed by atoms with Crippen LogP contribution in [0.5, 0.6) is 0 Å². The maximum atomic E-state index is 12.6. The van der Waals surface area contributed by atoms with Crippen molar-refractivity contribution in [3.63, 3.8) is 0 Å². The molecule has 6 heteroatoms. The van der Waals surface area contributed by atoms with Crippen molar-refractivity contribution in [2.24, 2.45) is 0 Å². The molecule has 0 radical (unpaired) electrons. The van der Waals surface area contributed by atoms with Crippen LogP contribution >= 0.6 is 0 Å². The molecular formula is C87H171NO5. The minimum absolute atomic E-state index is 0.0275. The first-order valence-electron chi connectivity index (χ1n) is 43.5. The van der Waals surface area contributed by atoms with Crippen LogP contribution in [0.1, 0.15) is 508 Å². The fourth-order valence-corrected chi connectivity index (χ4v) is 14.2. The number of unbranched alkanes of at least 4 members (excludes halogenated alkanes) is 72. The minimum atomic E-state index is -0.841. The number of rotatable bonds is 83. The molecule has 0 saturated heterocycles. The first kappa shape index (κ1) is 91.6. The molecule has 0 fully saturated rings. The summed E-state index contributed by atoms with van der Waals surface area (Å²) in [4.78, 5) is 24.6. The summed E-state index contributed by atoms with van der Waals surface area (Å²) in [7, 11) is 0. The van der Waals surface area contributed by atoms with E-state index in [1.165, 1.54) is 443 Å². The Bertz CT molecular complexity index is 1420. The number of hydrogen-bond acceptors (Lipinski definition) is 5. The van der Waals surface area contributed by atoms with Crippen LogP contribution in [-0.2, 0) is 14.3 Å². The Morgan fingerprint density at radius 3 is 0.731 bits per heavy atom. The summed E-state index contributed by atoms with van der Waals surface area (Å²) in [6.07, 6.45) is 107. The van der Waals surface area contributed by atoms with Gasteiger partial charge in [-0.3, -0.25) is 9.59 Å². The van der Waals surface area contributed by atoms with Gasteiger partial charge < -0.3 is 20.3 Å². The lowest BCUT2D eigenvalue weighted by Crippen LogP contribution is -2.45. The number of ether oxygens (including phenoxy) is 1. The topological polar surface area (TPSA) is 95.9 Å². The molecule has 0 aromatic rings. The molecule has 0 bridgehead atoms. The second-order valence-electron chi connectivity index (χ2n) is 30.2. The van der Waals surface area contributed by atoms with E-state index in [9.17, 15) is 19.8 Å². The molecule has 0 aromatic carbocycles. The van der Waals surface area contributed by atoms with E-state index >= 15 is 0 Å². The zero-order valence-corrected chi connectivity index (χ0v) is 63.8. The number of amides is 1. The van der Waals surface area contributed by atoms with Crippen molar-refractivity contribution in [2.45, 2.75) is 520 Å². The normalized spacial score (nSPS) is 12.4. The van der Waals surface area contributed by atoms with E-state index in [1.54, 1.807) is 6.08 Å². The highest BCUT2D eigenvalue weighted by molar-refractivity contribution is 5.76. The lowest BCUT2D eigenvalue weighted by Gasteiger charge is -2.20. The minimum Gasteiger partial charge on any atom is -0.466 e. The van der Waals surface area contributed by atoms with Crippen LogP contribution in [0.15, 0.2) is 12.2 Å². The highest BCUT2D eigenvalue weighted by Crippen LogP contribution is 2.21. The number of aliphatic hydroxyl groups excluding tert-OH is 2. The molecule has 2 unspecified atom stereocenters. The van der Waals surface area contributed by atoms with E-state index in [-0.39, 0.29) is 18.5 Å². The fraction of sp³-hybridized carbons (Fsp3) is 0.954. The molecule has 0 heterocycles. The number of aliphatic hydroxyl groups is 2. The molecule has 0 saturated carbocycles. The second-order valence-corrected chi connectivity index (χ2v) is 30.2. The van der Waals surface area contributed by atoms with Crippen molar-refractivity contribution in [3.8, 4) is 0 Å². The van der Waals surface area contributed by atoms with E-state index in [1.807, 2.05) is 6.08 Å². The molecule has 93 heavy (non-hydrogen) atoms. The van der Waals surface area contributed by atoms with Gasteiger partial charge in [0.25, 0.3) is 0 Å². The molecule has 0 spiro atoms. The summed E-state index contributed by atoms with van der Waals surface area (Å²) < 4.78 is 5.51. The molecule has 6 nitrogen and oxygen atoms in total. The van der Waals surface area contributed by atoms with Gasteiger partial charge >= 0.3 is 5.97 Å². The predicted octanol–water partition coefficient (Wildman–Crippen LogP) is 29.0. The van der Waals surface area contributed by atoms with Crippen LogP contribution in [-0.4, -0.2) is 47.4 Å². The smallest absolute Gasteiger partial charge is 0.305 e. The van der Waals surface area contributed by atoms with Gasteiger partial charge in [-0.1, -0.05) is 475 Å². The fourth-order valence-electron chi connectivity index (χ4n) is 14.2. The monoisotopic (exact) mass is 1310 g/mol. The van der Waals surface area contributed by atoms with Gasteiger partial charge in [0, 0.05) is 12.8 Å². The highest BCUT2D eigenvalue weighted by atomic mass is 16.5. The van der Waals surface area contributed by atoms with Crippen molar-refractivity contribution in [1.82, 2.24) is 5.32 Å². The highest BCUT2D eigenvalue weighted by Gasteiger charge is 2.18. The van der Waals surface area contributed by atoms with Gasteiger partial charge in [0.15, 0.2) is 0 Å². The van der Waals surface area contributed by atoms with Crippen molar-refractivity contribution in [3.05, 3.63) is 12.2 Å². The molecule has 1 amide bonds. The summed E-state index contributed by atoms with van der Waals surface area (Å²) in [5.41, 5.74) is 0. The first-order chi connectivity index (χ1) is 46.0. The quantitative estimate of drug-likeness (QED) is 0.0320. The van der Waals surface area contributed by atoms with E-state index < -0.39 is 12.1 Å². The summed E-state index contributed by atoms with van der Waals surface area (Å²) in [5, 5.41) is 23.3. The lowest BCUT2D eigenvalue weighted by atomic mass is 10.0. The van der Waals surface area contributed by atoms with Crippen LogP contribution < -0.4 is 5.32 Å². The van der Waals surface area contributed by atoms with Crippen molar-refractivity contribution >= 4 is 11.9 Å². The van der Waals surface area contributed by atoms with Crippen molar-refractivity contribution in [2.75, 3.05) is 13.2 Å². The van der Waals surface area contributed by atoms with E-state index in [2.05, 4.69) is 19.2 Å². The van der Waals surface area contributed by atoms with Crippen LogP contribution in [0.4, 0.5) is 0 Å². The van der Waals surface area contributed by atoms with Crippen LogP contribution in [0, 0.1) is 0 Å². The predicted molar refractivity (Wildman–Crippen MR) is 412 cm³/mol. The number of carbonyl (C=O) groups excluding carboxylic acids is 2. The number of esters is 1. The number of allylic oxidation sites excluding steroid dienone is 1. The number of hydrogen-bond donors (Lipinski definition) is 3. The van der Waals surface area contributed by atoms with E-state index in [4.69, 9.17) is 4.74 Å². The summed E-state index contributed by atoms with van der Waals surface area (Å²) in [6.45, 7) is 4.97. The van der Waals surface area contributed by atoms with Gasteiger partial charge in [0.2, 0.25) is 5.91 Å². The van der Waals surface area contributed by atoms with Crippen LogP contribution in [0.25, 0.3) is 0 Å². The lowest BCUT2D eigenvalue weighted by molar-refractivity contribution is -0.143. The maximum Gasteiger partial charge on any atom is 0.305 e. The molecule has 3 N–H and O–H groups in total. The Morgan fingerprint density at radius 2 is 0.495 bits per heavy atom. The van der Waals surface area contributed by atoms with Gasteiger partial charge in [-0.05, 0) is 32.1 Å². The first-order valence-corrected chi connectivity index (χ1v) is 43.5. The summed E-state index contributed by atoms with van der Waals surface area (Å²) >= 11 is 0. The zero-order chi connectivity index (χ0) is 67.0. The Kier molecular flexibility index (Phi) is 81.8. The zero-order valence-electron chi connectivity index (χ0n) is 63.8. The third kappa shape index (κ3) is 79.5. The summed E-state index contributed by atoms with van der Waals surface area (Å²) in [5.74, 6) is -0.0283. The van der Waals surface area contributed by atoms with E-state index in [0.717, 1.165) is 38.5 Å². The van der Waals surface area contributed by atoms with Crippen molar-refractivity contribution < 1.29 is 24.5 Å². The van der Waals surface area contributed by atoms with Gasteiger partial charge in [-0.25, -0.2) is 0 Å². The van der Waals surface area contributed by atoms with Gasteiger partial charge in [-0.2, -0.15) is 0 Å². The van der Waals surface area contributed by atoms with Crippen LogP contribution in [0.3, 0.4) is 0 Å². The number of nitrogens with one attached hydrogen (secondary N) is 1. The van der Waals surface area contributed by atoms with Gasteiger partial charge in [0.05, 0.1) is 25.4 Å². The molecule has 0 rings (SSSR count). The van der Waals surface area contributed by atoms with Crippen molar-refractivity contribution in [1.29, 1.82) is 0 Å². The summed E-state index contributed by atoms with van der Waals surface area (Å²) in [6, 6.07) is -0.624. The van der Waals surface area contributed by atoms with E-state index in [0.29, 0.717) is 19.4 Å². The Morgan fingerprint density at radius 1 is 0.290 bits per heavy atom. The molecule has 0 aliphatic rings. The average Bonchev–Trinajstić information content (AvgIpc) is 3.78. The molecule has 554 valence electrons. The Balaban J connectivity index is 3.31. The maximum absolute atomic E-state index is 12.6. The SMILES string of the molecule is CCCCCCCCCCCCCCCCCCCCCCC/C=C/C(O)C(CO)NC(=O)CCCCCCCCCCCCCCCCCCCCCCCCCCCCCCCCCCCCCCCCCOC(=O)CCCCCCCCCCCCCCCC. The third-order valence-electron chi connectivity index (χ3n) is 20.8. The second kappa shape index (κ2) is 83.0. The number of carbonyl (C=O) groups is 2. The molecule has 0 aromatic heterocycles. The Hall–Kier alpha value is -1.40. The molecule has 0 aliphatic heterocycles. The van der Waals surface area contributed by atoms with Gasteiger partial charge in [0.1, 0.15) is 0 Å². The molecule has 0 aliphatic carbocycles. The average molecular weight is 1310 g/mol.